The zero-order valence-electron chi connectivity index (χ0n) is 9.79. The van der Waals surface area contributed by atoms with Crippen LogP contribution < -0.4 is 5.73 Å². The number of likely N-dealkylation sites (N-methyl/N-ethyl adjacent to an activating group) is 1. The van der Waals surface area contributed by atoms with Gasteiger partial charge in [-0.05, 0) is 6.92 Å². The summed E-state index contributed by atoms with van der Waals surface area (Å²) in [5, 5.41) is 3.89. The van der Waals surface area contributed by atoms with Crippen molar-refractivity contribution in [2.45, 2.75) is 18.0 Å². The maximum absolute atomic E-state index is 12.2. The number of rotatable bonds is 4. The lowest BCUT2D eigenvalue weighted by atomic mass is 10.4. The van der Waals surface area contributed by atoms with Crippen molar-refractivity contribution in [3.05, 3.63) is 11.2 Å². The highest BCUT2D eigenvalue weighted by atomic mass is 35.5. The van der Waals surface area contributed by atoms with Crippen LogP contribution in [0, 0.1) is 0 Å². The number of hydrogen-bond acceptors (Lipinski definition) is 4. The van der Waals surface area contributed by atoms with Gasteiger partial charge in [0.25, 0.3) is 10.0 Å². The van der Waals surface area contributed by atoms with Crippen LogP contribution in [0.3, 0.4) is 0 Å². The molecule has 0 aliphatic carbocycles. The number of aryl methyl sites for hydroxylation is 1. The summed E-state index contributed by atoms with van der Waals surface area (Å²) in [7, 11) is -0.651. The lowest BCUT2D eigenvalue weighted by molar-refractivity contribution is 0.390. The van der Waals surface area contributed by atoms with Gasteiger partial charge in [0, 0.05) is 26.7 Å². The van der Waals surface area contributed by atoms with Gasteiger partial charge in [-0.3, -0.25) is 4.68 Å². The lowest BCUT2D eigenvalue weighted by Gasteiger charge is -2.22. The van der Waals surface area contributed by atoms with Gasteiger partial charge in [-0.15, -0.1) is 12.4 Å². The van der Waals surface area contributed by atoms with Crippen molar-refractivity contribution in [1.29, 1.82) is 0 Å². The average Bonchev–Trinajstić information content (AvgIpc) is 2.56. The molecule has 6 nitrogen and oxygen atoms in total. The summed E-state index contributed by atoms with van der Waals surface area (Å²) in [6, 6.07) is -0.295. The van der Waals surface area contributed by atoms with Crippen LogP contribution in [0.4, 0.5) is 0 Å². The number of nitrogens with zero attached hydrogens (tertiary/aromatic N) is 3. The van der Waals surface area contributed by atoms with Crippen molar-refractivity contribution in [2.24, 2.45) is 12.8 Å². The van der Waals surface area contributed by atoms with E-state index in [-0.39, 0.29) is 35.0 Å². The minimum Gasteiger partial charge on any atom is -0.329 e. The molecule has 17 heavy (non-hydrogen) atoms. The third-order valence-electron chi connectivity index (χ3n) is 2.43. The Kier molecular flexibility index (Phi) is 5.89. The summed E-state index contributed by atoms with van der Waals surface area (Å²) >= 11 is 5.80. The number of nitrogens with two attached hydrogens (primary N) is 1. The van der Waals surface area contributed by atoms with Crippen molar-refractivity contribution in [3.63, 3.8) is 0 Å². The van der Waals surface area contributed by atoms with Crippen molar-refractivity contribution >= 4 is 34.0 Å². The molecule has 0 saturated carbocycles. The molecule has 0 aliphatic heterocycles. The molecule has 0 spiro atoms. The molecule has 2 N–H and O–H groups in total. The Morgan fingerprint density at radius 3 is 2.53 bits per heavy atom. The molecule has 1 atom stereocenters. The van der Waals surface area contributed by atoms with E-state index in [0.29, 0.717) is 0 Å². The molecular weight excluding hydrogens is 287 g/mol. The predicted octanol–water partition coefficient (Wildman–Crippen LogP) is 0.463. The average molecular weight is 303 g/mol. The molecule has 0 aromatic carbocycles. The van der Waals surface area contributed by atoms with Gasteiger partial charge in [0.2, 0.25) is 0 Å². The molecular formula is C8H16Cl2N4O2S. The van der Waals surface area contributed by atoms with Gasteiger partial charge in [0.1, 0.15) is 0 Å². The molecule has 1 heterocycles. The van der Waals surface area contributed by atoms with Crippen LogP contribution in [-0.2, 0) is 17.1 Å². The molecule has 0 bridgehead atoms. The fourth-order valence-corrected chi connectivity index (χ4v) is 3.18. The number of sulfonamides is 1. The standard InChI is InChI=1S/C8H15ClN4O2S.ClH/c1-6(4-10)13(3)16(14,15)8-7(9)5-11-12(8)2;/h5-6H,4,10H2,1-3H3;1H. The number of halogens is 2. The predicted molar refractivity (Wildman–Crippen MR) is 68.9 cm³/mol. The van der Waals surface area contributed by atoms with Crippen LogP contribution in [0.25, 0.3) is 0 Å². The van der Waals surface area contributed by atoms with E-state index in [2.05, 4.69) is 5.10 Å². The normalized spacial score (nSPS) is 13.5. The van der Waals surface area contributed by atoms with Crippen molar-refractivity contribution in [2.75, 3.05) is 13.6 Å². The zero-order valence-corrected chi connectivity index (χ0v) is 12.2. The topological polar surface area (TPSA) is 81.2 Å². The third kappa shape index (κ3) is 3.11. The molecule has 9 heteroatoms. The largest absolute Gasteiger partial charge is 0.329 e. The van der Waals surface area contributed by atoms with Crippen LogP contribution >= 0.6 is 24.0 Å². The highest BCUT2D eigenvalue weighted by Gasteiger charge is 2.29. The number of aromatic nitrogens is 2. The van der Waals surface area contributed by atoms with Crippen LogP contribution in [0.15, 0.2) is 11.2 Å². The Hall–Kier alpha value is -0.340. The molecule has 1 unspecified atom stereocenters. The first-order chi connectivity index (χ1) is 7.32. The quantitative estimate of drug-likeness (QED) is 0.876. The van der Waals surface area contributed by atoms with Gasteiger partial charge in [-0.1, -0.05) is 11.6 Å². The molecule has 0 radical (unpaired) electrons. The van der Waals surface area contributed by atoms with Gasteiger partial charge in [-0.2, -0.15) is 9.40 Å². The molecule has 0 fully saturated rings. The van der Waals surface area contributed by atoms with Crippen molar-refractivity contribution in [1.82, 2.24) is 14.1 Å². The van der Waals surface area contributed by atoms with Crippen LogP contribution in [0.1, 0.15) is 6.92 Å². The van der Waals surface area contributed by atoms with E-state index in [4.69, 9.17) is 17.3 Å². The molecule has 0 saturated heterocycles. The summed E-state index contributed by atoms with van der Waals surface area (Å²) in [4.78, 5) is 0. The second-order valence-electron chi connectivity index (χ2n) is 3.53. The van der Waals surface area contributed by atoms with Gasteiger partial charge in [-0.25, -0.2) is 8.42 Å². The number of hydrogen-bond donors (Lipinski definition) is 1. The van der Waals surface area contributed by atoms with Crippen molar-refractivity contribution < 1.29 is 8.42 Å². The minimum atomic E-state index is -3.65. The fourth-order valence-electron chi connectivity index (χ4n) is 1.21. The second-order valence-corrected chi connectivity index (χ2v) is 5.85. The van der Waals surface area contributed by atoms with E-state index in [9.17, 15) is 8.42 Å². The van der Waals surface area contributed by atoms with Crippen molar-refractivity contribution in [3.8, 4) is 0 Å². The summed E-state index contributed by atoms with van der Waals surface area (Å²) in [5.41, 5.74) is 5.44. The Labute approximate surface area is 112 Å². The Morgan fingerprint density at radius 1 is 1.65 bits per heavy atom. The maximum atomic E-state index is 12.2. The summed E-state index contributed by atoms with van der Waals surface area (Å²) in [6.07, 6.45) is 1.30. The molecule has 100 valence electrons. The first-order valence-electron chi connectivity index (χ1n) is 4.68. The van der Waals surface area contributed by atoms with E-state index in [1.54, 1.807) is 6.92 Å². The van der Waals surface area contributed by atoms with Gasteiger partial charge >= 0.3 is 0 Å². The van der Waals surface area contributed by atoms with Gasteiger partial charge < -0.3 is 5.73 Å². The Bertz CT molecular complexity index is 454. The van der Waals surface area contributed by atoms with E-state index in [1.165, 1.54) is 29.3 Å². The summed E-state index contributed by atoms with van der Waals surface area (Å²) in [5.74, 6) is 0. The van der Waals surface area contributed by atoms with Crippen LogP contribution in [0.5, 0.6) is 0 Å². The maximum Gasteiger partial charge on any atom is 0.261 e. The molecule has 1 aromatic heterocycles. The molecule has 0 amide bonds. The second kappa shape index (κ2) is 6.01. The highest BCUT2D eigenvalue weighted by Crippen LogP contribution is 2.23. The highest BCUT2D eigenvalue weighted by molar-refractivity contribution is 7.89. The Balaban J connectivity index is 0.00000256. The first kappa shape index (κ1) is 16.7. The molecule has 1 rings (SSSR count). The fraction of sp³-hybridized carbons (Fsp3) is 0.625. The third-order valence-corrected chi connectivity index (χ3v) is 4.91. The SMILES string of the molecule is CC(CN)N(C)S(=O)(=O)c1c(Cl)cnn1C.Cl. The van der Waals surface area contributed by atoms with E-state index < -0.39 is 10.0 Å². The minimum absolute atomic E-state index is 0. The lowest BCUT2D eigenvalue weighted by Crippen LogP contribution is -2.40. The van der Waals surface area contributed by atoms with Crippen LogP contribution in [0.2, 0.25) is 5.02 Å². The first-order valence-corrected chi connectivity index (χ1v) is 6.49. The van der Waals surface area contributed by atoms with E-state index in [0.717, 1.165) is 0 Å². The molecule has 0 aliphatic rings. The monoisotopic (exact) mass is 302 g/mol. The summed E-state index contributed by atoms with van der Waals surface area (Å²) in [6.45, 7) is 1.97. The Morgan fingerprint density at radius 2 is 2.18 bits per heavy atom. The zero-order chi connectivity index (χ0) is 12.5. The molecule has 1 aromatic rings. The van der Waals surface area contributed by atoms with E-state index >= 15 is 0 Å². The summed E-state index contributed by atoms with van der Waals surface area (Å²) < 4.78 is 26.7. The van der Waals surface area contributed by atoms with Crippen LogP contribution in [-0.4, -0.2) is 42.1 Å². The smallest absolute Gasteiger partial charge is 0.261 e. The van der Waals surface area contributed by atoms with Gasteiger partial charge in [0.15, 0.2) is 5.03 Å². The van der Waals surface area contributed by atoms with Gasteiger partial charge in [0.05, 0.1) is 11.2 Å². The van der Waals surface area contributed by atoms with E-state index in [1.807, 2.05) is 0 Å².